The fourth-order valence-corrected chi connectivity index (χ4v) is 4.95. The summed E-state index contributed by atoms with van der Waals surface area (Å²) in [5.74, 6) is 0.487. The number of benzene rings is 3. The minimum Gasteiger partial charge on any atom is -0.0991 e. The van der Waals surface area contributed by atoms with Crippen molar-refractivity contribution in [3.05, 3.63) is 94.1 Å². The second-order valence-corrected chi connectivity index (χ2v) is 8.92. The minimum absolute atomic E-state index is 0.195. The van der Waals surface area contributed by atoms with Crippen molar-refractivity contribution in [2.24, 2.45) is 0 Å². The van der Waals surface area contributed by atoms with Crippen molar-refractivity contribution < 1.29 is 0 Å². The van der Waals surface area contributed by atoms with E-state index in [0.717, 1.165) is 6.42 Å². The van der Waals surface area contributed by atoms with Crippen LogP contribution in [0.5, 0.6) is 0 Å². The SMILES string of the molecule is C=C/C=C\C1CC(C)(C)c2cc(-c3ccc(I)c4ccccc34)ccc21. The van der Waals surface area contributed by atoms with Gasteiger partial charge in [0.1, 0.15) is 0 Å². The van der Waals surface area contributed by atoms with Crippen molar-refractivity contribution in [3.63, 3.8) is 0 Å². The molecule has 0 nitrogen and oxygen atoms in total. The highest BCUT2D eigenvalue weighted by Gasteiger charge is 2.35. The first-order valence-electron chi connectivity index (χ1n) is 9.12. The topological polar surface area (TPSA) is 0 Å². The number of halogens is 1. The van der Waals surface area contributed by atoms with Crippen molar-refractivity contribution >= 4 is 33.4 Å². The summed E-state index contributed by atoms with van der Waals surface area (Å²) < 4.78 is 1.30. The molecule has 1 aliphatic carbocycles. The predicted octanol–water partition coefficient (Wildman–Crippen LogP) is 7.62. The van der Waals surface area contributed by atoms with Crippen LogP contribution in [0, 0.1) is 3.57 Å². The lowest BCUT2D eigenvalue weighted by Crippen LogP contribution is -2.12. The summed E-state index contributed by atoms with van der Waals surface area (Å²) >= 11 is 2.43. The van der Waals surface area contributed by atoms with Crippen LogP contribution < -0.4 is 0 Å². The van der Waals surface area contributed by atoms with Gasteiger partial charge < -0.3 is 0 Å². The molecule has 0 amide bonds. The van der Waals surface area contributed by atoms with Gasteiger partial charge in [-0.3, -0.25) is 0 Å². The van der Waals surface area contributed by atoms with Gasteiger partial charge in [0, 0.05) is 9.49 Å². The third kappa shape index (κ3) is 2.92. The fraction of sp³-hybridized carbons (Fsp3) is 0.200. The lowest BCUT2D eigenvalue weighted by atomic mass is 9.84. The van der Waals surface area contributed by atoms with E-state index in [2.05, 4.69) is 110 Å². The summed E-state index contributed by atoms with van der Waals surface area (Å²) in [4.78, 5) is 0. The molecule has 130 valence electrons. The Kier molecular flexibility index (Phi) is 4.52. The lowest BCUT2D eigenvalue weighted by Gasteiger charge is -2.20. The number of allylic oxidation sites excluding steroid dienone is 3. The van der Waals surface area contributed by atoms with Gasteiger partial charge >= 0.3 is 0 Å². The molecule has 1 heteroatoms. The number of hydrogen-bond acceptors (Lipinski definition) is 0. The smallest absolute Gasteiger partial charge is 0.0209 e. The van der Waals surface area contributed by atoms with Gasteiger partial charge in [0.15, 0.2) is 0 Å². The van der Waals surface area contributed by atoms with E-state index in [1.165, 1.54) is 36.6 Å². The molecule has 1 atom stereocenters. The van der Waals surface area contributed by atoms with Crippen LogP contribution in [0.1, 0.15) is 37.3 Å². The molecular weight excluding hydrogens is 427 g/mol. The maximum Gasteiger partial charge on any atom is 0.0209 e. The van der Waals surface area contributed by atoms with Crippen molar-refractivity contribution in [2.45, 2.75) is 31.6 Å². The summed E-state index contributed by atoms with van der Waals surface area (Å²) in [7, 11) is 0. The molecule has 3 aromatic carbocycles. The first-order chi connectivity index (χ1) is 12.5. The van der Waals surface area contributed by atoms with Crippen LogP contribution in [0.2, 0.25) is 0 Å². The Morgan fingerprint density at radius 3 is 2.58 bits per heavy atom. The molecule has 0 aliphatic heterocycles. The van der Waals surface area contributed by atoms with E-state index < -0.39 is 0 Å². The first kappa shape index (κ1) is 17.5. The largest absolute Gasteiger partial charge is 0.0991 e. The van der Waals surface area contributed by atoms with Crippen LogP contribution in [0.3, 0.4) is 0 Å². The maximum absolute atomic E-state index is 3.82. The molecule has 1 aliphatic rings. The molecule has 1 unspecified atom stereocenters. The average molecular weight is 450 g/mol. The van der Waals surface area contributed by atoms with Crippen LogP contribution >= 0.6 is 22.6 Å². The molecule has 4 rings (SSSR count). The molecule has 0 saturated heterocycles. The summed E-state index contributed by atoms with van der Waals surface area (Å²) in [6, 6.07) is 20.3. The van der Waals surface area contributed by atoms with Gasteiger partial charge in [-0.05, 0) is 73.5 Å². The zero-order chi connectivity index (χ0) is 18.3. The average Bonchev–Trinajstić information content (AvgIpc) is 2.90. The Morgan fingerprint density at radius 1 is 1.04 bits per heavy atom. The van der Waals surface area contributed by atoms with Gasteiger partial charge in [0.2, 0.25) is 0 Å². The minimum atomic E-state index is 0.195. The van der Waals surface area contributed by atoms with Gasteiger partial charge in [-0.2, -0.15) is 0 Å². The van der Waals surface area contributed by atoms with Crippen LogP contribution in [-0.4, -0.2) is 0 Å². The fourth-order valence-electron chi connectivity index (χ4n) is 4.30. The Morgan fingerprint density at radius 2 is 1.81 bits per heavy atom. The van der Waals surface area contributed by atoms with E-state index in [4.69, 9.17) is 0 Å². The first-order valence-corrected chi connectivity index (χ1v) is 10.2. The van der Waals surface area contributed by atoms with E-state index >= 15 is 0 Å². The highest BCUT2D eigenvalue weighted by atomic mass is 127. The predicted molar refractivity (Wildman–Crippen MR) is 122 cm³/mol. The lowest BCUT2D eigenvalue weighted by molar-refractivity contribution is 0.504. The molecule has 3 aromatic rings. The molecule has 0 N–H and O–H groups in total. The zero-order valence-corrected chi connectivity index (χ0v) is 17.5. The van der Waals surface area contributed by atoms with Gasteiger partial charge in [0.05, 0.1) is 0 Å². The second kappa shape index (κ2) is 6.70. The number of hydrogen-bond donors (Lipinski definition) is 0. The van der Waals surface area contributed by atoms with Crippen molar-refractivity contribution in [1.29, 1.82) is 0 Å². The van der Waals surface area contributed by atoms with Crippen LogP contribution in [0.15, 0.2) is 79.4 Å². The van der Waals surface area contributed by atoms with Crippen LogP contribution in [0.25, 0.3) is 21.9 Å². The molecular formula is C25H23I. The molecule has 0 radical (unpaired) electrons. The normalized spacial score (nSPS) is 18.3. The highest BCUT2D eigenvalue weighted by Crippen LogP contribution is 2.48. The third-order valence-corrected chi connectivity index (χ3v) is 6.51. The van der Waals surface area contributed by atoms with Crippen molar-refractivity contribution in [1.82, 2.24) is 0 Å². The standard InChI is InChI=1S/C25H23I/c1-4-5-8-18-16-25(2,3)23-15-17(11-12-20(18)23)19-13-14-24(26)22-10-7-6-9-21(19)22/h4-15,18H,1,16H2,2-3H3/b8-5-. The molecule has 0 spiro atoms. The molecule has 0 fully saturated rings. The molecule has 0 bridgehead atoms. The van der Waals surface area contributed by atoms with E-state index in [0.29, 0.717) is 5.92 Å². The van der Waals surface area contributed by atoms with E-state index in [1.807, 2.05) is 6.08 Å². The Hall–Kier alpha value is -1.87. The summed E-state index contributed by atoms with van der Waals surface area (Å²) in [5.41, 5.74) is 5.78. The van der Waals surface area contributed by atoms with E-state index in [9.17, 15) is 0 Å². The Bertz CT molecular complexity index is 1020. The Labute approximate surface area is 169 Å². The molecule has 0 heterocycles. The van der Waals surface area contributed by atoms with Gasteiger partial charge in [-0.25, -0.2) is 0 Å². The molecule has 0 saturated carbocycles. The zero-order valence-electron chi connectivity index (χ0n) is 15.3. The molecule has 26 heavy (non-hydrogen) atoms. The summed E-state index contributed by atoms with van der Waals surface area (Å²) in [5, 5.41) is 2.66. The molecule has 0 aromatic heterocycles. The Balaban J connectivity index is 1.88. The van der Waals surface area contributed by atoms with Crippen LogP contribution in [0.4, 0.5) is 0 Å². The van der Waals surface area contributed by atoms with Crippen LogP contribution in [-0.2, 0) is 5.41 Å². The number of fused-ring (bicyclic) bond motifs is 2. The summed E-state index contributed by atoms with van der Waals surface area (Å²) in [6.45, 7) is 8.55. The summed E-state index contributed by atoms with van der Waals surface area (Å²) in [6.07, 6.45) is 7.40. The van der Waals surface area contributed by atoms with Crippen molar-refractivity contribution in [3.8, 4) is 11.1 Å². The quantitative estimate of drug-likeness (QED) is 0.285. The second-order valence-electron chi connectivity index (χ2n) is 7.76. The van der Waals surface area contributed by atoms with Gasteiger partial charge in [-0.15, -0.1) is 0 Å². The van der Waals surface area contributed by atoms with E-state index in [1.54, 1.807) is 0 Å². The number of rotatable bonds is 3. The third-order valence-electron chi connectivity index (χ3n) is 5.57. The van der Waals surface area contributed by atoms with E-state index in [-0.39, 0.29) is 5.41 Å². The van der Waals surface area contributed by atoms with Crippen molar-refractivity contribution in [2.75, 3.05) is 0 Å². The maximum atomic E-state index is 3.82. The van der Waals surface area contributed by atoms with Gasteiger partial charge in [0.25, 0.3) is 0 Å². The monoisotopic (exact) mass is 450 g/mol. The highest BCUT2D eigenvalue weighted by molar-refractivity contribution is 14.1. The van der Waals surface area contributed by atoms with Gasteiger partial charge in [-0.1, -0.05) is 87.2 Å².